The van der Waals surface area contributed by atoms with Crippen molar-refractivity contribution in [2.24, 2.45) is 0 Å². The molecule has 0 saturated carbocycles. The normalized spacial score (nSPS) is 11.6. The number of fused-ring (bicyclic) bond motifs is 1. The van der Waals surface area contributed by atoms with Gasteiger partial charge in [0, 0.05) is 12.0 Å². The monoisotopic (exact) mass is 462 g/mol. The first-order valence-corrected chi connectivity index (χ1v) is 8.98. The number of carboxylic acid groups (broad SMARTS) is 1. The Hall–Kier alpha value is -3.57. The number of benzene rings is 2. The largest absolute Gasteiger partial charge is 0.481 e. The molecular formula is C20H16F6N2O4. The van der Waals surface area contributed by atoms with Gasteiger partial charge in [-0.3, -0.25) is 9.59 Å². The van der Waals surface area contributed by atoms with Crippen molar-refractivity contribution >= 4 is 29.2 Å². The number of hydrogen-bond acceptors (Lipinski definition) is 4. The fourth-order valence-corrected chi connectivity index (χ4v) is 2.60. The highest BCUT2D eigenvalue weighted by molar-refractivity contribution is 5.88. The molecule has 0 aliphatic carbocycles. The average molecular weight is 462 g/mol. The predicted molar refractivity (Wildman–Crippen MR) is 102 cm³/mol. The number of halogens is 6. The summed E-state index contributed by atoms with van der Waals surface area (Å²) in [4.78, 5) is 24.0. The Morgan fingerprint density at radius 3 is 2.12 bits per heavy atom. The molecule has 12 heteroatoms. The van der Waals surface area contributed by atoms with Crippen molar-refractivity contribution < 1.29 is 45.5 Å². The summed E-state index contributed by atoms with van der Waals surface area (Å²) in [5, 5.41) is 9.85. The van der Waals surface area contributed by atoms with Crippen LogP contribution < -0.4 is 5.32 Å². The van der Waals surface area contributed by atoms with E-state index in [1.54, 1.807) is 0 Å². The molecule has 3 aromatic rings. The van der Waals surface area contributed by atoms with Crippen molar-refractivity contribution in [3.05, 3.63) is 47.5 Å². The van der Waals surface area contributed by atoms with Gasteiger partial charge in [-0.2, -0.15) is 26.3 Å². The average Bonchev–Trinajstić information content (AvgIpc) is 3.11. The zero-order chi connectivity index (χ0) is 24.1. The highest BCUT2D eigenvalue weighted by Gasteiger charge is 2.38. The number of carboxylic acids is 1. The number of anilines is 1. The van der Waals surface area contributed by atoms with Crippen LogP contribution in [0.1, 0.15) is 30.9 Å². The molecule has 2 N–H and O–H groups in total. The van der Waals surface area contributed by atoms with Gasteiger partial charge in [0.15, 0.2) is 5.58 Å². The molecule has 0 atom stereocenters. The second-order valence-corrected chi connectivity index (χ2v) is 6.33. The topological polar surface area (TPSA) is 92.4 Å². The third-order valence-electron chi connectivity index (χ3n) is 3.98. The zero-order valence-electron chi connectivity index (χ0n) is 16.3. The van der Waals surface area contributed by atoms with Crippen LogP contribution in [-0.2, 0) is 21.9 Å². The van der Waals surface area contributed by atoms with E-state index in [-0.39, 0.29) is 23.4 Å². The van der Waals surface area contributed by atoms with Crippen molar-refractivity contribution in [2.75, 3.05) is 5.32 Å². The molecule has 1 heterocycles. The third-order valence-corrected chi connectivity index (χ3v) is 3.98. The maximum atomic E-state index is 13.3. The Balaban J connectivity index is 0.000000534. The molecule has 1 amide bonds. The van der Waals surface area contributed by atoms with Crippen molar-refractivity contribution in [1.82, 2.24) is 4.98 Å². The quantitative estimate of drug-likeness (QED) is 0.360. The summed E-state index contributed by atoms with van der Waals surface area (Å²) >= 11 is 0. The molecule has 3 rings (SSSR count). The van der Waals surface area contributed by atoms with Crippen LogP contribution in [0.3, 0.4) is 0 Å². The molecule has 0 aliphatic rings. The molecule has 2 aromatic carbocycles. The summed E-state index contributed by atoms with van der Waals surface area (Å²) in [5.41, 5.74) is -3.36. The minimum absolute atomic E-state index is 0.0761. The fourth-order valence-electron chi connectivity index (χ4n) is 2.60. The molecule has 172 valence electrons. The van der Waals surface area contributed by atoms with Gasteiger partial charge in [-0.1, -0.05) is 6.92 Å². The van der Waals surface area contributed by atoms with Gasteiger partial charge in [0.05, 0.1) is 11.3 Å². The lowest BCUT2D eigenvalue weighted by Crippen LogP contribution is -2.10. The number of carbonyl (C=O) groups is 2. The molecule has 0 spiro atoms. The number of carbonyl (C=O) groups excluding carboxylic acids is 1. The highest BCUT2D eigenvalue weighted by Crippen LogP contribution is 2.41. The standard InChI is InChI=1S/C16H8F6N2O2.C4H8O2/c17-15(18,19)9-3-1-8(2-4-9)14-24-11-6-5-10(23-7-25)12(13(11)26-14)16(20,21)22;1-2-3-4(5)6/h1-7H,(H,23,25);2-3H2,1H3,(H,5,6). The smallest absolute Gasteiger partial charge is 0.422 e. The second kappa shape index (κ2) is 9.71. The third kappa shape index (κ3) is 5.99. The number of nitrogens with one attached hydrogen (secondary N) is 1. The van der Waals surface area contributed by atoms with Crippen molar-refractivity contribution in [2.45, 2.75) is 32.1 Å². The first-order chi connectivity index (χ1) is 14.9. The van der Waals surface area contributed by atoms with Crippen LogP contribution in [0.25, 0.3) is 22.6 Å². The number of nitrogens with zero attached hydrogens (tertiary/aromatic N) is 1. The molecule has 0 aliphatic heterocycles. The van der Waals surface area contributed by atoms with Crippen molar-refractivity contribution in [3.8, 4) is 11.5 Å². The lowest BCUT2D eigenvalue weighted by molar-refractivity contribution is -0.138. The van der Waals surface area contributed by atoms with E-state index in [9.17, 15) is 35.9 Å². The lowest BCUT2D eigenvalue weighted by atomic mass is 10.1. The fraction of sp³-hybridized carbons (Fsp3) is 0.250. The molecule has 0 unspecified atom stereocenters. The summed E-state index contributed by atoms with van der Waals surface area (Å²) in [6.07, 6.45) is -8.28. The molecule has 1 aromatic heterocycles. The Kier molecular flexibility index (Phi) is 7.49. The van der Waals surface area contributed by atoms with E-state index >= 15 is 0 Å². The SMILES string of the molecule is CCCC(=O)O.O=CNc1ccc2nc(-c3ccc(C(F)(F)F)cc3)oc2c1C(F)(F)F. The summed E-state index contributed by atoms with van der Waals surface area (Å²) in [5.74, 6) is -0.986. The maximum absolute atomic E-state index is 13.3. The number of amides is 1. The number of rotatable bonds is 5. The minimum Gasteiger partial charge on any atom is -0.481 e. The van der Waals surface area contributed by atoms with Crippen LogP contribution in [0.4, 0.5) is 32.0 Å². The molecule has 0 fully saturated rings. The molecule has 6 nitrogen and oxygen atoms in total. The summed E-state index contributed by atoms with van der Waals surface area (Å²) in [6.45, 7) is 1.84. The Morgan fingerprint density at radius 1 is 1.06 bits per heavy atom. The molecule has 0 radical (unpaired) electrons. The Bertz CT molecular complexity index is 1090. The van der Waals surface area contributed by atoms with E-state index in [1.165, 1.54) is 6.07 Å². The van der Waals surface area contributed by atoms with Gasteiger partial charge >= 0.3 is 18.3 Å². The summed E-state index contributed by atoms with van der Waals surface area (Å²) in [7, 11) is 0. The maximum Gasteiger partial charge on any atom is 0.422 e. The first kappa shape index (κ1) is 24.7. The van der Waals surface area contributed by atoms with Crippen LogP contribution in [0.2, 0.25) is 0 Å². The van der Waals surface area contributed by atoms with Crippen LogP contribution in [0.5, 0.6) is 0 Å². The predicted octanol–water partition coefficient (Wildman–Crippen LogP) is 5.97. The van der Waals surface area contributed by atoms with E-state index in [2.05, 4.69) is 4.98 Å². The summed E-state index contributed by atoms with van der Waals surface area (Å²) in [6, 6.07) is 5.85. The second-order valence-electron chi connectivity index (χ2n) is 6.33. The number of aromatic nitrogens is 1. The molecule has 0 bridgehead atoms. The van der Waals surface area contributed by atoms with Gasteiger partial charge < -0.3 is 14.8 Å². The lowest BCUT2D eigenvalue weighted by Gasteiger charge is -2.11. The molecular weight excluding hydrogens is 446 g/mol. The van der Waals surface area contributed by atoms with Gasteiger partial charge in [-0.25, -0.2) is 4.98 Å². The molecule has 32 heavy (non-hydrogen) atoms. The van der Waals surface area contributed by atoms with Gasteiger partial charge in [0.25, 0.3) is 0 Å². The number of hydrogen-bond donors (Lipinski definition) is 2. The van der Waals surface area contributed by atoms with Gasteiger partial charge in [-0.05, 0) is 42.8 Å². The highest BCUT2D eigenvalue weighted by atomic mass is 19.4. The van der Waals surface area contributed by atoms with Crippen LogP contribution in [0, 0.1) is 0 Å². The van der Waals surface area contributed by atoms with Gasteiger partial charge in [0.1, 0.15) is 11.1 Å². The van der Waals surface area contributed by atoms with E-state index in [0.717, 1.165) is 36.8 Å². The van der Waals surface area contributed by atoms with E-state index < -0.39 is 40.7 Å². The number of oxazole rings is 1. The Morgan fingerprint density at radius 2 is 1.69 bits per heavy atom. The van der Waals surface area contributed by atoms with Crippen molar-refractivity contribution in [3.63, 3.8) is 0 Å². The number of alkyl halides is 6. The van der Waals surface area contributed by atoms with Gasteiger partial charge in [-0.15, -0.1) is 0 Å². The van der Waals surface area contributed by atoms with E-state index in [1.807, 2.05) is 12.2 Å². The van der Waals surface area contributed by atoms with Crippen LogP contribution in [0.15, 0.2) is 40.8 Å². The Labute approximate surface area is 176 Å². The molecule has 0 saturated heterocycles. The minimum atomic E-state index is -4.85. The van der Waals surface area contributed by atoms with Crippen LogP contribution in [-0.4, -0.2) is 22.5 Å². The first-order valence-electron chi connectivity index (χ1n) is 8.98. The summed E-state index contributed by atoms with van der Waals surface area (Å²) < 4.78 is 82.9. The number of aliphatic carboxylic acids is 1. The van der Waals surface area contributed by atoms with Crippen LogP contribution >= 0.6 is 0 Å². The van der Waals surface area contributed by atoms with E-state index in [0.29, 0.717) is 6.42 Å². The zero-order valence-corrected chi connectivity index (χ0v) is 16.3. The van der Waals surface area contributed by atoms with Crippen molar-refractivity contribution in [1.29, 1.82) is 0 Å². The van der Waals surface area contributed by atoms with E-state index in [4.69, 9.17) is 9.52 Å². The van der Waals surface area contributed by atoms with Gasteiger partial charge in [0.2, 0.25) is 12.3 Å².